The fourth-order valence-electron chi connectivity index (χ4n) is 2.85. The number of piperidine rings is 1. The Morgan fingerprint density at radius 2 is 1.94 bits per heavy atom. The van der Waals surface area contributed by atoms with E-state index in [4.69, 9.17) is 0 Å². The third-order valence-corrected chi connectivity index (χ3v) is 4.08. The van der Waals surface area contributed by atoms with Crippen LogP contribution in [0.4, 0.5) is 5.69 Å². The Morgan fingerprint density at radius 1 is 1.22 bits per heavy atom. The lowest BCUT2D eigenvalue weighted by atomic mass is 9.90. The van der Waals surface area contributed by atoms with Gasteiger partial charge >= 0.3 is 0 Å². The van der Waals surface area contributed by atoms with Crippen molar-refractivity contribution in [2.75, 3.05) is 25.0 Å². The van der Waals surface area contributed by atoms with Gasteiger partial charge in [-0.1, -0.05) is 25.5 Å². The molecule has 0 spiro atoms. The first-order valence-electron chi connectivity index (χ1n) is 7.18. The van der Waals surface area contributed by atoms with E-state index in [2.05, 4.69) is 55.4 Å². The highest BCUT2D eigenvalue weighted by molar-refractivity contribution is 5.47. The molecule has 1 atom stereocenters. The molecule has 1 aromatic rings. The van der Waals surface area contributed by atoms with Gasteiger partial charge < -0.3 is 10.2 Å². The molecule has 1 aromatic carbocycles. The van der Waals surface area contributed by atoms with Gasteiger partial charge in [0.15, 0.2) is 0 Å². The average Bonchev–Trinajstić information content (AvgIpc) is 2.39. The molecule has 1 fully saturated rings. The van der Waals surface area contributed by atoms with Gasteiger partial charge in [0.05, 0.1) is 0 Å². The summed E-state index contributed by atoms with van der Waals surface area (Å²) >= 11 is 0. The molecule has 1 aliphatic heterocycles. The van der Waals surface area contributed by atoms with Crippen molar-refractivity contribution in [1.29, 1.82) is 0 Å². The van der Waals surface area contributed by atoms with Gasteiger partial charge in [-0.3, -0.25) is 0 Å². The predicted molar refractivity (Wildman–Crippen MR) is 79.3 cm³/mol. The normalized spacial score (nSPS) is 23.9. The highest BCUT2D eigenvalue weighted by Gasteiger charge is 2.27. The lowest BCUT2D eigenvalue weighted by Crippen LogP contribution is -2.53. The third kappa shape index (κ3) is 3.26. The van der Waals surface area contributed by atoms with Crippen LogP contribution in [0.25, 0.3) is 0 Å². The van der Waals surface area contributed by atoms with Crippen LogP contribution in [-0.4, -0.2) is 25.7 Å². The summed E-state index contributed by atoms with van der Waals surface area (Å²) < 4.78 is 0. The number of hydrogen-bond acceptors (Lipinski definition) is 2. The number of anilines is 1. The maximum atomic E-state index is 3.68. The molecular formula is C16H26N2. The first-order chi connectivity index (χ1) is 8.63. The molecule has 0 saturated carbocycles. The number of hydrogen-bond donors (Lipinski definition) is 1. The summed E-state index contributed by atoms with van der Waals surface area (Å²) in [5.74, 6) is 0. The minimum Gasteiger partial charge on any atom is -0.373 e. The van der Waals surface area contributed by atoms with E-state index in [0.717, 1.165) is 13.0 Å². The van der Waals surface area contributed by atoms with Crippen molar-refractivity contribution < 1.29 is 0 Å². The monoisotopic (exact) mass is 246 g/mol. The Morgan fingerprint density at radius 3 is 2.50 bits per heavy atom. The van der Waals surface area contributed by atoms with Crippen LogP contribution in [0.2, 0.25) is 0 Å². The van der Waals surface area contributed by atoms with E-state index in [-0.39, 0.29) is 5.54 Å². The number of rotatable bonds is 4. The number of benzene rings is 1. The molecule has 0 aromatic heterocycles. The van der Waals surface area contributed by atoms with Gasteiger partial charge in [-0.2, -0.15) is 0 Å². The second-order valence-corrected chi connectivity index (χ2v) is 5.82. The van der Waals surface area contributed by atoms with Crippen LogP contribution in [-0.2, 0) is 6.42 Å². The molecule has 0 aliphatic carbocycles. The number of nitrogens with one attached hydrogen (secondary N) is 1. The standard InChI is InChI=1S/C16H26N2/c1-4-14-7-9-15(10-8-14)18(3)13-16(2)11-5-6-12-17-16/h7-10,17H,4-6,11-13H2,1-3H3. The summed E-state index contributed by atoms with van der Waals surface area (Å²) in [6.07, 6.45) is 5.07. The van der Waals surface area contributed by atoms with Gasteiger partial charge in [-0.15, -0.1) is 0 Å². The molecule has 1 N–H and O–H groups in total. The second-order valence-electron chi connectivity index (χ2n) is 5.82. The highest BCUT2D eigenvalue weighted by atomic mass is 15.2. The maximum absolute atomic E-state index is 3.68. The quantitative estimate of drug-likeness (QED) is 0.877. The summed E-state index contributed by atoms with van der Waals surface area (Å²) in [6, 6.07) is 8.96. The van der Waals surface area contributed by atoms with Crippen molar-refractivity contribution in [3.05, 3.63) is 29.8 Å². The van der Waals surface area contributed by atoms with Gasteiger partial charge in [-0.05, 0) is 50.4 Å². The van der Waals surface area contributed by atoms with E-state index < -0.39 is 0 Å². The van der Waals surface area contributed by atoms with Gasteiger partial charge in [0.1, 0.15) is 0 Å². The summed E-state index contributed by atoms with van der Waals surface area (Å²) in [6.45, 7) is 6.80. The van der Waals surface area contributed by atoms with Gasteiger partial charge in [0, 0.05) is 24.8 Å². The van der Waals surface area contributed by atoms with Gasteiger partial charge in [-0.25, -0.2) is 0 Å². The van der Waals surface area contributed by atoms with Crippen molar-refractivity contribution in [2.45, 2.75) is 45.1 Å². The summed E-state index contributed by atoms with van der Waals surface area (Å²) in [5.41, 5.74) is 3.01. The fourth-order valence-corrected chi connectivity index (χ4v) is 2.85. The molecule has 2 nitrogen and oxygen atoms in total. The Balaban J connectivity index is 1.99. The van der Waals surface area contributed by atoms with E-state index in [1.165, 1.54) is 37.1 Å². The lowest BCUT2D eigenvalue weighted by Gasteiger charge is -2.38. The van der Waals surface area contributed by atoms with E-state index in [9.17, 15) is 0 Å². The predicted octanol–water partition coefficient (Wildman–Crippen LogP) is 3.22. The molecule has 0 radical (unpaired) electrons. The first-order valence-corrected chi connectivity index (χ1v) is 7.18. The lowest BCUT2D eigenvalue weighted by molar-refractivity contribution is 0.283. The van der Waals surface area contributed by atoms with Gasteiger partial charge in [0.25, 0.3) is 0 Å². The molecule has 0 amide bonds. The van der Waals surface area contributed by atoms with E-state index in [1.807, 2.05) is 0 Å². The maximum Gasteiger partial charge on any atom is 0.0364 e. The Hall–Kier alpha value is -1.02. The first kappa shape index (κ1) is 13.4. The van der Waals surface area contributed by atoms with Crippen LogP contribution in [0, 0.1) is 0 Å². The zero-order chi connectivity index (χ0) is 13.0. The van der Waals surface area contributed by atoms with Crippen LogP contribution in [0.5, 0.6) is 0 Å². The minimum atomic E-state index is 0.274. The van der Waals surface area contributed by atoms with Crippen molar-refractivity contribution >= 4 is 5.69 Å². The number of aryl methyl sites for hydroxylation is 1. The van der Waals surface area contributed by atoms with Crippen molar-refractivity contribution in [2.24, 2.45) is 0 Å². The summed E-state index contributed by atoms with van der Waals surface area (Å²) in [5, 5.41) is 3.68. The fraction of sp³-hybridized carbons (Fsp3) is 0.625. The Bertz CT molecular complexity index is 363. The second kappa shape index (κ2) is 5.75. The molecule has 2 rings (SSSR count). The summed E-state index contributed by atoms with van der Waals surface area (Å²) in [4.78, 5) is 2.37. The zero-order valence-corrected chi connectivity index (χ0v) is 12.0. The summed E-state index contributed by atoms with van der Waals surface area (Å²) in [7, 11) is 2.20. The van der Waals surface area contributed by atoms with Crippen molar-refractivity contribution in [1.82, 2.24) is 5.32 Å². The van der Waals surface area contributed by atoms with Gasteiger partial charge in [0.2, 0.25) is 0 Å². The van der Waals surface area contributed by atoms with E-state index >= 15 is 0 Å². The van der Waals surface area contributed by atoms with Crippen molar-refractivity contribution in [3.63, 3.8) is 0 Å². The molecule has 100 valence electrons. The minimum absolute atomic E-state index is 0.274. The average molecular weight is 246 g/mol. The molecular weight excluding hydrogens is 220 g/mol. The molecule has 18 heavy (non-hydrogen) atoms. The molecule has 1 heterocycles. The number of likely N-dealkylation sites (N-methyl/N-ethyl adjacent to an activating group) is 1. The number of nitrogens with zero attached hydrogens (tertiary/aromatic N) is 1. The topological polar surface area (TPSA) is 15.3 Å². The van der Waals surface area contributed by atoms with Crippen LogP contribution in [0.1, 0.15) is 38.7 Å². The van der Waals surface area contributed by atoms with Crippen LogP contribution in [0.15, 0.2) is 24.3 Å². The van der Waals surface area contributed by atoms with Crippen LogP contribution in [0.3, 0.4) is 0 Å². The smallest absolute Gasteiger partial charge is 0.0364 e. The van der Waals surface area contributed by atoms with E-state index in [0.29, 0.717) is 0 Å². The molecule has 1 saturated heterocycles. The highest BCUT2D eigenvalue weighted by Crippen LogP contribution is 2.22. The molecule has 1 unspecified atom stereocenters. The molecule has 0 bridgehead atoms. The zero-order valence-electron chi connectivity index (χ0n) is 12.0. The van der Waals surface area contributed by atoms with Crippen molar-refractivity contribution in [3.8, 4) is 0 Å². The Kier molecular flexibility index (Phi) is 4.28. The molecule has 1 aliphatic rings. The molecule has 2 heteroatoms. The third-order valence-electron chi connectivity index (χ3n) is 4.08. The van der Waals surface area contributed by atoms with Crippen LogP contribution < -0.4 is 10.2 Å². The van der Waals surface area contributed by atoms with E-state index in [1.54, 1.807) is 0 Å². The van der Waals surface area contributed by atoms with Crippen LogP contribution >= 0.6 is 0 Å². The Labute approximate surface area is 111 Å². The SMILES string of the molecule is CCc1ccc(N(C)CC2(C)CCCCN2)cc1. The largest absolute Gasteiger partial charge is 0.373 e.